The molecule has 0 radical (unpaired) electrons. The van der Waals surface area contributed by atoms with Crippen molar-refractivity contribution in [3.05, 3.63) is 58.8 Å². The summed E-state index contributed by atoms with van der Waals surface area (Å²) in [6.07, 6.45) is 3.11. The summed E-state index contributed by atoms with van der Waals surface area (Å²) in [5.41, 5.74) is 3.48. The van der Waals surface area contributed by atoms with Crippen molar-refractivity contribution >= 4 is 5.97 Å². The lowest BCUT2D eigenvalue weighted by atomic mass is 9.94. The molecule has 0 saturated heterocycles. The zero-order valence-electron chi connectivity index (χ0n) is 12.1. The van der Waals surface area contributed by atoms with Crippen LogP contribution in [0, 0.1) is 5.82 Å². The van der Waals surface area contributed by atoms with Crippen LogP contribution >= 0.6 is 0 Å². The van der Waals surface area contributed by atoms with E-state index in [9.17, 15) is 14.3 Å². The number of fused-ring (bicyclic) bond motifs is 3. The largest absolute Gasteiger partial charge is 0.476 e. The fourth-order valence-electron chi connectivity index (χ4n) is 3.05. The Morgan fingerprint density at radius 3 is 2.96 bits per heavy atom. The summed E-state index contributed by atoms with van der Waals surface area (Å²) in [5, 5.41) is 20.5. The number of aromatic amines is 1. The maximum absolute atomic E-state index is 13.9. The van der Waals surface area contributed by atoms with Gasteiger partial charge in [0.15, 0.2) is 5.69 Å². The first-order valence-corrected chi connectivity index (χ1v) is 7.24. The summed E-state index contributed by atoms with van der Waals surface area (Å²) in [4.78, 5) is 11.6. The molecule has 6 nitrogen and oxygen atoms in total. The number of aromatic carboxylic acids is 1. The molecule has 2 N–H and O–H groups in total. The quantitative estimate of drug-likeness (QED) is 0.777. The average molecular weight is 312 g/mol. The molecule has 2 aromatic heterocycles. The first-order valence-electron chi connectivity index (χ1n) is 7.24. The number of H-pyrrole nitrogens is 1. The Labute approximate surface area is 130 Å². The molecule has 0 amide bonds. The van der Waals surface area contributed by atoms with E-state index in [-0.39, 0.29) is 18.1 Å². The number of nitrogens with zero attached hydrogens (tertiary/aromatic N) is 3. The van der Waals surface area contributed by atoms with Gasteiger partial charge in [0, 0.05) is 11.3 Å². The number of halogens is 1. The third-order valence-corrected chi connectivity index (χ3v) is 4.14. The number of hydrogen-bond donors (Lipinski definition) is 2. The molecule has 7 heteroatoms. The summed E-state index contributed by atoms with van der Waals surface area (Å²) in [7, 11) is 0. The van der Waals surface area contributed by atoms with Crippen LogP contribution in [-0.4, -0.2) is 31.1 Å². The van der Waals surface area contributed by atoms with Gasteiger partial charge in [0.05, 0.1) is 24.0 Å². The van der Waals surface area contributed by atoms with Crippen molar-refractivity contribution in [2.75, 3.05) is 0 Å². The zero-order valence-corrected chi connectivity index (χ0v) is 12.1. The smallest absolute Gasteiger partial charge is 0.357 e. The molecule has 23 heavy (non-hydrogen) atoms. The summed E-state index contributed by atoms with van der Waals surface area (Å²) >= 11 is 0. The molecular formula is C16H13FN4O2. The molecule has 2 heterocycles. The minimum Gasteiger partial charge on any atom is -0.476 e. The van der Waals surface area contributed by atoms with Crippen molar-refractivity contribution < 1.29 is 14.3 Å². The fourth-order valence-corrected chi connectivity index (χ4v) is 3.05. The lowest BCUT2D eigenvalue weighted by Crippen LogP contribution is -2.11. The van der Waals surface area contributed by atoms with E-state index in [1.54, 1.807) is 29.1 Å². The predicted molar refractivity (Wildman–Crippen MR) is 79.7 cm³/mol. The van der Waals surface area contributed by atoms with Gasteiger partial charge in [-0.3, -0.25) is 9.78 Å². The monoisotopic (exact) mass is 312 g/mol. The Kier molecular flexibility index (Phi) is 3.00. The first kappa shape index (κ1) is 13.7. The van der Waals surface area contributed by atoms with Crippen molar-refractivity contribution in [1.29, 1.82) is 0 Å². The highest BCUT2D eigenvalue weighted by molar-refractivity contribution is 5.95. The minimum atomic E-state index is -1.10. The van der Waals surface area contributed by atoms with Crippen LogP contribution in [0.1, 0.15) is 27.3 Å². The Hall–Kier alpha value is -2.96. The molecule has 0 saturated carbocycles. The number of carboxylic acids is 1. The van der Waals surface area contributed by atoms with Gasteiger partial charge in [-0.25, -0.2) is 9.18 Å². The van der Waals surface area contributed by atoms with Crippen LogP contribution in [0.4, 0.5) is 4.39 Å². The molecule has 0 unspecified atom stereocenters. The second-order valence-corrected chi connectivity index (χ2v) is 5.49. The van der Waals surface area contributed by atoms with E-state index in [1.165, 1.54) is 6.07 Å². The van der Waals surface area contributed by atoms with Gasteiger partial charge >= 0.3 is 5.97 Å². The van der Waals surface area contributed by atoms with Gasteiger partial charge in [-0.1, -0.05) is 18.2 Å². The summed E-state index contributed by atoms with van der Waals surface area (Å²) in [6.45, 7) is 0.200. The molecule has 0 aliphatic heterocycles. The number of aromatic nitrogens is 4. The van der Waals surface area contributed by atoms with E-state index < -0.39 is 5.97 Å². The second-order valence-electron chi connectivity index (χ2n) is 5.49. The third kappa shape index (κ3) is 2.12. The molecular weight excluding hydrogens is 299 g/mol. The number of hydrogen-bond acceptors (Lipinski definition) is 3. The van der Waals surface area contributed by atoms with E-state index in [0.29, 0.717) is 23.2 Å². The second kappa shape index (κ2) is 5.05. The van der Waals surface area contributed by atoms with Crippen molar-refractivity contribution in [3.63, 3.8) is 0 Å². The van der Waals surface area contributed by atoms with Crippen molar-refractivity contribution in [2.24, 2.45) is 0 Å². The van der Waals surface area contributed by atoms with Gasteiger partial charge in [0.2, 0.25) is 0 Å². The van der Waals surface area contributed by atoms with Gasteiger partial charge in [-0.2, -0.15) is 10.2 Å². The summed E-state index contributed by atoms with van der Waals surface area (Å²) in [6, 6.07) is 6.43. The Morgan fingerprint density at radius 1 is 1.35 bits per heavy atom. The molecule has 3 aromatic rings. The molecule has 0 fully saturated rings. The van der Waals surface area contributed by atoms with Crippen LogP contribution in [0.2, 0.25) is 0 Å². The maximum Gasteiger partial charge on any atom is 0.357 e. The van der Waals surface area contributed by atoms with E-state index >= 15 is 0 Å². The molecule has 0 spiro atoms. The molecule has 1 aromatic carbocycles. The average Bonchev–Trinajstić information content (AvgIpc) is 3.13. The van der Waals surface area contributed by atoms with Crippen molar-refractivity contribution in [2.45, 2.75) is 19.4 Å². The lowest BCUT2D eigenvalue weighted by Gasteiger charge is -2.14. The van der Waals surface area contributed by atoms with Crippen LogP contribution in [0.25, 0.3) is 11.3 Å². The van der Waals surface area contributed by atoms with E-state index in [4.69, 9.17) is 0 Å². The number of aryl methyl sites for hydroxylation is 1. The highest BCUT2D eigenvalue weighted by Gasteiger charge is 2.29. The molecule has 0 atom stereocenters. The predicted octanol–water partition coefficient (Wildman–Crippen LogP) is 2.26. The van der Waals surface area contributed by atoms with Gasteiger partial charge < -0.3 is 5.11 Å². The zero-order chi connectivity index (χ0) is 16.0. The van der Waals surface area contributed by atoms with Crippen molar-refractivity contribution in [3.8, 4) is 11.3 Å². The van der Waals surface area contributed by atoms with E-state index in [1.807, 2.05) is 0 Å². The van der Waals surface area contributed by atoms with Crippen LogP contribution < -0.4 is 0 Å². The van der Waals surface area contributed by atoms with E-state index in [2.05, 4.69) is 15.3 Å². The molecule has 4 rings (SSSR count). The fraction of sp³-hybridized carbons (Fsp3) is 0.188. The van der Waals surface area contributed by atoms with Gasteiger partial charge in [-0.05, 0) is 24.5 Å². The normalized spacial score (nSPS) is 12.7. The van der Waals surface area contributed by atoms with Crippen molar-refractivity contribution in [1.82, 2.24) is 20.0 Å². The standard InChI is InChI=1S/C16H13FN4O2/c17-11-4-2-1-3-10(11)8-21-12-6-5-9-7-18-19-14(9)13(12)15(20-21)16(22)23/h1-4,7H,5-6,8H2,(H,18,19)(H,22,23). The highest BCUT2D eigenvalue weighted by Crippen LogP contribution is 2.34. The van der Waals surface area contributed by atoms with Gasteiger partial charge in [0.1, 0.15) is 5.82 Å². The van der Waals surface area contributed by atoms with Gasteiger partial charge in [0.25, 0.3) is 0 Å². The SMILES string of the molecule is O=C(O)c1nn(Cc2ccccc2F)c2c1-c1[nH]ncc1CC2. The Bertz CT molecular complexity index is 913. The lowest BCUT2D eigenvalue weighted by molar-refractivity contribution is 0.0690. The number of carbonyl (C=O) groups is 1. The number of benzene rings is 1. The van der Waals surface area contributed by atoms with Gasteiger partial charge in [-0.15, -0.1) is 0 Å². The van der Waals surface area contributed by atoms with Crippen LogP contribution in [0.3, 0.4) is 0 Å². The van der Waals surface area contributed by atoms with Crippen LogP contribution in [-0.2, 0) is 19.4 Å². The van der Waals surface area contributed by atoms with Crippen LogP contribution in [0.5, 0.6) is 0 Å². The van der Waals surface area contributed by atoms with Crippen LogP contribution in [0.15, 0.2) is 30.5 Å². The molecule has 0 bridgehead atoms. The summed E-state index contributed by atoms with van der Waals surface area (Å²) in [5.74, 6) is -1.43. The topological polar surface area (TPSA) is 83.8 Å². The Morgan fingerprint density at radius 2 is 2.17 bits per heavy atom. The van der Waals surface area contributed by atoms with E-state index in [0.717, 1.165) is 17.7 Å². The highest BCUT2D eigenvalue weighted by atomic mass is 19.1. The first-order chi connectivity index (χ1) is 11.1. The molecule has 116 valence electrons. The third-order valence-electron chi connectivity index (χ3n) is 4.14. The molecule has 1 aliphatic carbocycles. The summed E-state index contributed by atoms with van der Waals surface area (Å²) < 4.78 is 15.5. The number of rotatable bonds is 3. The Balaban J connectivity index is 1.86. The number of carboxylic acid groups (broad SMARTS) is 1. The minimum absolute atomic E-state index is 0.0264. The number of nitrogens with one attached hydrogen (secondary N) is 1. The molecule has 1 aliphatic rings. The maximum atomic E-state index is 13.9.